The first kappa shape index (κ1) is 15.7. The Morgan fingerprint density at radius 3 is 1.00 bits per heavy atom. The van der Waals surface area contributed by atoms with Gasteiger partial charge in [-0.1, -0.05) is 0 Å². The van der Waals surface area contributed by atoms with Gasteiger partial charge in [-0.15, -0.1) is 0 Å². The quantitative estimate of drug-likeness (QED) is 0.352. The molecule has 0 heterocycles. The van der Waals surface area contributed by atoms with Gasteiger partial charge in [0.15, 0.2) is 0 Å². The monoisotopic (exact) mass is 136 g/mol. The van der Waals surface area contributed by atoms with Gasteiger partial charge in [-0.25, -0.2) is 0 Å². The summed E-state index contributed by atoms with van der Waals surface area (Å²) in [4.78, 5) is 0. The molecule has 0 aromatic heterocycles. The Bertz CT molecular complexity index is 19.7. The average molecular weight is 136 g/mol. The Hall–Kier alpha value is 0.0500. The third-order valence-corrected chi connectivity index (χ3v) is 0. The first-order valence-corrected chi connectivity index (χ1v) is 1.90. The number of hydrogen-bond donors (Lipinski definition) is 1. The van der Waals surface area contributed by atoms with Gasteiger partial charge in [0.2, 0.25) is 0 Å². The van der Waals surface area contributed by atoms with E-state index < -0.39 is 10.2 Å². The molecule has 0 saturated carbocycles. The van der Waals surface area contributed by atoms with E-state index in [-0.39, 0.29) is 11.0 Å². The van der Waals surface area contributed by atoms with Crippen molar-refractivity contribution in [3.8, 4) is 0 Å². The zero-order chi connectivity index (χ0) is 4.50. The van der Waals surface area contributed by atoms with E-state index in [2.05, 4.69) is 0 Å². The van der Waals surface area contributed by atoms with Crippen LogP contribution in [0.3, 0.4) is 0 Å². The minimum atomic E-state index is -4.69. The van der Waals surface area contributed by atoms with Crippen molar-refractivity contribution in [3.05, 3.63) is 0 Å². The third kappa shape index (κ3) is 39700. The van der Waals surface area contributed by atoms with Gasteiger partial charge in [-0.3, -0.25) is 0 Å². The van der Waals surface area contributed by atoms with Gasteiger partial charge in [-0.2, -0.15) is 14.0 Å². The largest absolute Gasteiger partial charge is 0.412 e. The Morgan fingerprint density at radius 1 is 1.00 bits per heavy atom. The molecule has 0 saturated heterocycles. The van der Waals surface area contributed by atoms with E-state index in [0.717, 1.165) is 0 Å². The summed E-state index contributed by atoms with van der Waals surface area (Å²) in [5.74, 6) is 0. The van der Waals surface area contributed by atoms with E-state index in [4.69, 9.17) is 18.6 Å². The molecule has 0 aliphatic heterocycles. The Labute approximate surface area is 41.0 Å². The summed E-state index contributed by atoms with van der Waals surface area (Å²) >= 11 is 0. The van der Waals surface area contributed by atoms with E-state index in [0.29, 0.717) is 0 Å². The van der Waals surface area contributed by atoms with Crippen LogP contribution >= 0.6 is 0 Å². The summed E-state index contributed by atoms with van der Waals surface area (Å²) in [6.45, 7) is 0. The normalized spacial score (nSPS) is 8.57. The molecule has 0 aromatic rings. The molecule has 48 valence electrons. The SMILES string of the molecule is O.O.[O-][Cl+3]([O-])([O-])O. The van der Waals surface area contributed by atoms with Crippen molar-refractivity contribution in [2.24, 2.45) is 0 Å². The van der Waals surface area contributed by atoms with Gasteiger partial charge in [0.25, 0.3) is 0 Å². The Balaban J connectivity index is -0.0000000800. The molecular formula is H5ClO6. The molecule has 0 amide bonds. The summed E-state index contributed by atoms with van der Waals surface area (Å²) in [6.07, 6.45) is 0. The minimum Gasteiger partial charge on any atom is -0.412 e. The maximum Gasteiger partial charge on any atom is 0.0777 e. The second kappa shape index (κ2) is 4.22. The van der Waals surface area contributed by atoms with Crippen LogP contribution in [0.5, 0.6) is 0 Å². The molecule has 0 rings (SSSR count). The smallest absolute Gasteiger partial charge is 0.0777 e. The molecule has 7 heavy (non-hydrogen) atoms. The number of rotatable bonds is 0. The van der Waals surface area contributed by atoms with Crippen molar-refractivity contribution in [1.82, 2.24) is 0 Å². The molecule has 7 heteroatoms. The summed E-state index contributed by atoms with van der Waals surface area (Å²) < 4.78 is 32.7. The summed E-state index contributed by atoms with van der Waals surface area (Å²) in [5.41, 5.74) is 0. The average Bonchev–Trinajstić information content (AvgIpc) is 0.722. The molecule has 0 aliphatic rings. The lowest BCUT2D eigenvalue weighted by atomic mass is 15.8. The molecule has 0 radical (unpaired) electrons. The fraction of sp³-hybridized carbons (Fsp3) is 0. The van der Waals surface area contributed by atoms with Crippen molar-refractivity contribution < 1.29 is 39.8 Å². The lowest BCUT2D eigenvalue weighted by Crippen LogP contribution is -2.58. The second-order valence-corrected chi connectivity index (χ2v) is 1.19. The molecule has 0 unspecified atom stereocenters. The lowest BCUT2D eigenvalue weighted by Gasteiger charge is -2.03. The second-order valence-electron chi connectivity index (χ2n) is 0.396. The topological polar surface area (TPSA) is 152 Å². The Morgan fingerprint density at radius 2 is 1.00 bits per heavy atom. The zero-order valence-electron chi connectivity index (χ0n) is 3.05. The molecule has 6 nitrogen and oxygen atoms in total. The predicted molar refractivity (Wildman–Crippen MR) is 9.45 cm³/mol. The van der Waals surface area contributed by atoms with Crippen LogP contribution in [0.15, 0.2) is 0 Å². The van der Waals surface area contributed by atoms with Gasteiger partial charge in [0.1, 0.15) is 0 Å². The van der Waals surface area contributed by atoms with Gasteiger partial charge in [0, 0.05) is 0 Å². The van der Waals surface area contributed by atoms with Gasteiger partial charge in [0.05, 0.1) is 14.9 Å². The highest BCUT2D eigenvalue weighted by Crippen LogP contribution is 1.60. The van der Waals surface area contributed by atoms with Crippen molar-refractivity contribution in [2.45, 2.75) is 0 Å². The Kier molecular flexibility index (Phi) is 9.47. The minimum absolute atomic E-state index is 0. The van der Waals surface area contributed by atoms with Crippen LogP contribution in [-0.2, 0) is 0 Å². The van der Waals surface area contributed by atoms with E-state index in [1.165, 1.54) is 0 Å². The van der Waals surface area contributed by atoms with Crippen LogP contribution in [0.1, 0.15) is 0 Å². The third-order valence-electron chi connectivity index (χ3n) is 0. The van der Waals surface area contributed by atoms with Crippen LogP contribution in [0.4, 0.5) is 0 Å². The fourth-order valence-electron chi connectivity index (χ4n) is 0. The van der Waals surface area contributed by atoms with E-state index in [1.807, 2.05) is 0 Å². The standard InChI is InChI=1S/ClHO4.2H2O/c2-1(3,4)5;;/h(H,2,3,4,5);2*1H2. The van der Waals surface area contributed by atoms with Gasteiger partial charge < -0.3 is 11.0 Å². The van der Waals surface area contributed by atoms with Crippen LogP contribution in [-0.4, -0.2) is 15.6 Å². The molecule has 5 N–H and O–H groups in total. The highest BCUT2D eigenvalue weighted by Gasteiger charge is 1.98. The van der Waals surface area contributed by atoms with Crippen molar-refractivity contribution in [1.29, 1.82) is 0 Å². The number of halogens is 1. The highest BCUT2D eigenvalue weighted by atomic mass is 35.7. The molecule has 0 aliphatic carbocycles. The van der Waals surface area contributed by atoms with E-state index >= 15 is 0 Å². The molecule has 0 atom stereocenters. The highest BCUT2D eigenvalue weighted by molar-refractivity contribution is 2.15. The molecule has 0 spiro atoms. The van der Waals surface area contributed by atoms with Crippen LogP contribution in [0.25, 0.3) is 0 Å². The van der Waals surface area contributed by atoms with Crippen LogP contribution in [0, 0.1) is 10.2 Å². The first-order valence-electron chi connectivity index (χ1n) is 0.632. The van der Waals surface area contributed by atoms with Gasteiger partial charge in [-0.05, 0) is 0 Å². The maximum atomic E-state index is 8.60. The van der Waals surface area contributed by atoms with Gasteiger partial charge >= 0.3 is 0 Å². The molecule has 0 bridgehead atoms. The van der Waals surface area contributed by atoms with Crippen molar-refractivity contribution in [2.75, 3.05) is 0 Å². The summed E-state index contributed by atoms with van der Waals surface area (Å²) in [5, 5.41) is 0. The summed E-state index contributed by atoms with van der Waals surface area (Å²) in [7, 11) is -4.69. The maximum absolute atomic E-state index is 8.60. The number of hydrogen-bond acceptors (Lipinski definition) is 4. The van der Waals surface area contributed by atoms with E-state index in [1.54, 1.807) is 0 Å². The lowest BCUT2D eigenvalue weighted by molar-refractivity contribution is -1.92. The zero-order valence-corrected chi connectivity index (χ0v) is 3.81. The molecule has 0 aromatic carbocycles. The van der Waals surface area contributed by atoms with E-state index in [9.17, 15) is 0 Å². The fourth-order valence-corrected chi connectivity index (χ4v) is 0. The molecular weight excluding hydrogens is 131 g/mol. The predicted octanol–water partition coefficient (Wildman–Crippen LogP) is -5.77. The van der Waals surface area contributed by atoms with Crippen molar-refractivity contribution >= 4 is 0 Å². The molecule has 0 fully saturated rings. The van der Waals surface area contributed by atoms with Crippen LogP contribution in [0.2, 0.25) is 0 Å². The first-order chi connectivity index (χ1) is 2.00. The van der Waals surface area contributed by atoms with Crippen LogP contribution < -0.4 is 14.0 Å². The van der Waals surface area contributed by atoms with Crippen molar-refractivity contribution in [3.63, 3.8) is 0 Å². The summed E-state index contributed by atoms with van der Waals surface area (Å²) in [6, 6.07) is 0.